The Hall–Kier alpha value is -1.88. The van der Waals surface area contributed by atoms with Gasteiger partial charge in [0.1, 0.15) is 12.1 Å². The number of fused-ring (bicyclic) bond motifs is 1. The van der Waals surface area contributed by atoms with Gasteiger partial charge in [-0.2, -0.15) is 0 Å². The number of rotatable bonds is 1. The van der Waals surface area contributed by atoms with Crippen LogP contribution >= 0.6 is 0 Å². The lowest BCUT2D eigenvalue weighted by Gasteiger charge is -2.36. The van der Waals surface area contributed by atoms with Gasteiger partial charge in [0.15, 0.2) is 0 Å². The summed E-state index contributed by atoms with van der Waals surface area (Å²) in [6, 6.07) is 5.76. The van der Waals surface area contributed by atoms with E-state index in [1.54, 1.807) is 6.33 Å². The van der Waals surface area contributed by atoms with Crippen molar-refractivity contribution >= 4 is 22.4 Å². The van der Waals surface area contributed by atoms with Gasteiger partial charge in [0, 0.05) is 24.2 Å². The van der Waals surface area contributed by atoms with E-state index in [2.05, 4.69) is 28.7 Å². The fourth-order valence-electron chi connectivity index (χ4n) is 2.66. The molecular formula is C14H18N4O. The summed E-state index contributed by atoms with van der Waals surface area (Å²) in [6.07, 6.45) is 2.02. The van der Waals surface area contributed by atoms with E-state index in [9.17, 15) is 0 Å². The van der Waals surface area contributed by atoms with Crippen LogP contribution in [0.25, 0.3) is 10.9 Å². The van der Waals surface area contributed by atoms with Gasteiger partial charge in [-0.25, -0.2) is 9.97 Å². The third-order valence-corrected chi connectivity index (χ3v) is 3.36. The predicted octanol–water partition coefficient (Wildman–Crippen LogP) is 1.83. The Balaban J connectivity index is 2.04. The molecule has 0 saturated carbocycles. The van der Waals surface area contributed by atoms with Crippen LogP contribution in [0.4, 0.5) is 11.5 Å². The van der Waals surface area contributed by atoms with Crippen LogP contribution in [0.2, 0.25) is 0 Å². The molecule has 0 aliphatic carbocycles. The van der Waals surface area contributed by atoms with Crippen LogP contribution in [-0.2, 0) is 4.74 Å². The number of hydrogen-bond acceptors (Lipinski definition) is 5. The smallest absolute Gasteiger partial charge is 0.140 e. The number of morpholine rings is 1. The fraction of sp³-hybridized carbons (Fsp3) is 0.429. The average Bonchev–Trinajstić information content (AvgIpc) is 2.36. The second-order valence-electron chi connectivity index (χ2n) is 5.14. The number of benzene rings is 1. The van der Waals surface area contributed by atoms with Gasteiger partial charge in [-0.15, -0.1) is 0 Å². The maximum Gasteiger partial charge on any atom is 0.140 e. The van der Waals surface area contributed by atoms with Gasteiger partial charge >= 0.3 is 0 Å². The van der Waals surface area contributed by atoms with Gasteiger partial charge in [0.05, 0.1) is 17.7 Å². The molecule has 1 aliphatic rings. The SMILES string of the molecule is CC1CN(c2ncnc3cc(N)ccc23)CC(C)O1. The summed E-state index contributed by atoms with van der Waals surface area (Å²) in [5, 5.41) is 1.04. The van der Waals surface area contributed by atoms with Gasteiger partial charge in [0.2, 0.25) is 0 Å². The van der Waals surface area contributed by atoms with Crippen LogP contribution in [0.15, 0.2) is 24.5 Å². The number of hydrogen-bond donors (Lipinski definition) is 1. The minimum absolute atomic E-state index is 0.211. The molecule has 0 spiro atoms. The van der Waals surface area contributed by atoms with Crippen molar-refractivity contribution in [2.75, 3.05) is 23.7 Å². The lowest BCUT2D eigenvalue weighted by atomic mass is 10.1. The molecule has 1 fully saturated rings. The summed E-state index contributed by atoms with van der Waals surface area (Å²) in [4.78, 5) is 11.0. The Kier molecular flexibility index (Phi) is 2.98. The van der Waals surface area contributed by atoms with E-state index in [1.165, 1.54) is 0 Å². The largest absolute Gasteiger partial charge is 0.399 e. The minimum Gasteiger partial charge on any atom is -0.399 e. The maximum absolute atomic E-state index is 5.80. The van der Waals surface area contributed by atoms with Crippen LogP contribution < -0.4 is 10.6 Å². The van der Waals surface area contributed by atoms with E-state index in [0.717, 1.165) is 35.5 Å². The van der Waals surface area contributed by atoms with Crippen LogP contribution in [0.3, 0.4) is 0 Å². The second-order valence-corrected chi connectivity index (χ2v) is 5.14. The van der Waals surface area contributed by atoms with Gasteiger partial charge < -0.3 is 15.4 Å². The quantitative estimate of drug-likeness (QED) is 0.790. The molecule has 1 aliphatic heterocycles. The topological polar surface area (TPSA) is 64.3 Å². The molecule has 1 saturated heterocycles. The minimum atomic E-state index is 0.211. The van der Waals surface area contributed by atoms with Crippen molar-refractivity contribution < 1.29 is 4.74 Å². The molecule has 0 amide bonds. The summed E-state index contributed by atoms with van der Waals surface area (Å²) in [5.41, 5.74) is 7.41. The fourth-order valence-corrected chi connectivity index (χ4v) is 2.66. The number of ether oxygens (including phenoxy) is 1. The van der Waals surface area contributed by atoms with Gasteiger partial charge in [-0.3, -0.25) is 0 Å². The Morgan fingerprint density at radius 2 is 1.95 bits per heavy atom. The summed E-state index contributed by atoms with van der Waals surface area (Å²) in [5.74, 6) is 0.965. The highest BCUT2D eigenvalue weighted by atomic mass is 16.5. The summed E-state index contributed by atoms with van der Waals surface area (Å²) in [7, 11) is 0. The van der Waals surface area contributed by atoms with E-state index < -0.39 is 0 Å². The first-order valence-electron chi connectivity index (χ1n) is 6.54. The second kappa shape index (κ2) is 4.66. The average molecular weight is 258 g/mol. The predicted molar refractivity (Wildman–Crippen MR) is 76.2 cm³/mol. The zero-order valence-electron chi connectivity index (χ0n) is 11.2. The van der Waals surface area contributed by atoms with Crippen molar-refractivity contribution in [2.24, 2.45) is 0 Å². The van der Waals surface area contributed by atoms with E-state index >= 15 is 0 Å². The van der Waals surface area contributed by atoms with Crippen molar-refractivity contribution in [1.82, 2.24) is 9.97 Å². The highest BCUT2D eigenvalue weighted by Crippen LogP contribution is 2.26. The third kappa shape index (κ3) is 2.33. The molecule has 100 valence electrons. The summed E-state index contributed by atoms with van der Waals surface area (Å²) in [6.45, 7) is 5.87. The molecule has 2 N–H and O–H groups in total. The monoisotopic (exact) mass is 258 g/mol. The van der Waals surface area contributed by atoms with Crippen molar-refractivity contribution in [1.29, 1.82) is 0 Å². The van der Waals surface area contributed by atoms with Crippen molar-refractivity contribution in [3.63, 3.8) is 0 Å². The number of nitrogen functional groups attached to an aromatic ring is 1. The molecule has 2 unspecified atom stereocenters. The molecule has 0 bridgehead atoms. The molecule has 2 heterocycles. The Morgan fingerprint density at radius 1 is 1.21 bits per heavy atom. The standard InChI is InChI=1S/C14H18N4O/c1-9-6-18(7-10(2)19-9)14-12-4-3-11(15)5-13(12)16-8-17-14/h3-5,8-10H,6-7,15H2,1-2H3. The highest BCUT2D eigenvalue weighted by Gasteiger charge is 2.24. The number of nitrogens with two attached hydrogens (primary N) is 1. The number of nitrogens with zero attached hydrogens (tertiary/aromatic N) is 3. The molecule has 0 radical (unpaired) electrons. The van der Waals surface area contributed by atoms with E-state index in [4.69, 9.17) is 10.5 Å². The number of aromatic nitrogens is 2. The van der Waals surface area contributed by atoms with Crippen LogP contribution in [0.5, 0.6) is 0 Å². The maximum atomic E-state index is 5.80. The van der Waals surface area contributed by atoms with Crippen molar-refractivity contribution in [2.45, 2.75) is 26.1 Å². The first-order chi connectivity index (χ1) is 9.13. The van der Waals surface area contributed by atoms with E-state index in [0.29, 0.717) is 0 Å². The molecule has 2 aromatic rings. The summed E-state index contributed by atoms with van der Waals surface area (Å²) >= 11 is 0. The molecule has 19 heavy (non-hydrogen) atoms. The Labute approximate surface area is 112 Å². The molecule has 1 aromatic heterocycles. The van der Waals surface area contributed by atoms with Crippen LogP contribution in [0.1, 0.15) is 13.8 Å². The first-order valence-corrected chi connectivity index (χ1v) is 6.54. The lowest BCUT2D eigenvalue weighted by molar-refractivity contribution is -0.00537. The summed E-state index contributed by atoms with van der Waals surface area (Å²) < 4.78 is 5.76. The highest BCUT2D eigenvalue weighted by molar-refractivity contribution is 5.91. The molecular weight excluding hydrogens is 240 g/mol. The molecule has 2 atom stereocenters. The normalized spacial score (nSPS) is 23.8. The molecule has 3 rings (SSSR count). The van der Waals surface area contributed by atoms with Crippen LogP contribution in [0, 0.1) is 0 Å². The van der Waals surface area contributed by atoms with Crippen molar-refractivity contribution in [3.8, 4) is 0 Å². The van der Waals surface area contributed by atoms with Crippen LogP contribution in [-0.4, -0.2) is 35.3 Å². The molecule has 5 nitrogen and oxygen atoms in total. The molecule has 1 aromatic carbocycles. The molecule has 5 heteroatoms. The van der Waals surface area contributed by atoms with Gasteiger partial charge in [0.25, 0.3) is 0 Å². The van der Waals surface area contributed by atoms with Crippen molar-refractivity contribution in [3.05, 3.63) is 24.5 Å². The number of anilines is 2. The van der Waals surface area contributed by atoms with Gasteiger partial charge in [-0.05, 0) is 32.0 Å². The lowest BCUT2D eigenvalue weighted by Crippen LogP contribution is -2.45. The van der Waals surface area contributed by atoms with E-state index in [-0.39, 0.29) is 12.2 Å². The Bertz CT molecular complexity index is 591. The first kappa shape index (κ1) is 12.2. The van der Waals surface area contributed by atoms with Gasteiger partial charge in [-0.1, -0.05) is 0 Å². The Morgan fingerprint density at radius 3 is 2.68 bits per heavy atom. The zero-order chi connectivity index (χ0) is 13.4. The van der Waals surface area contributed by atoms with E-state index in [1.807, 2.05) is 18.2 Å². The third-order valence-electron chi connectivity index (χ3n) is 3.36. The zero-order valence-corrected chi connectivity index (χ0v) is 11.2.